The van der Waals surface area contributed by atoms with E-state index in [1.807, 2.05) is 0 Å². The number of carbonyl (C=O) groups excluding carboxylic acids is 1. The van der Waals surface area contributed by atoms with E-state index >= 15 is 0 Å². The second kappa shape index (κ2) is 3.91. The lowest BCUT2D eigenvalue weighted by Gasteiger charge is -2.07. The van der Waals surface area contributed by atoms with Gasteiger partial charge in [0.2, 0.25) is 5.91 Å². The van der Waals surface area contributed by atoms with Gasteiger partial charge >= 0.3 is 0 Å². The van der Waals surface area contributed by atoms with Crippen LogP contribution in [0.5, 0.6) is 5.75 Å². The third-order valence-electron chi connectivity index (χ3n) is 1.66. The van der Waals surface area contributed by atoms with Crippen molar-refractivity contribution in [2.45, 2.75) is 6.92 Å². The number of para-hydroxylation sites is 1. The van der Waals surface area contributed by atoms with Gasteiger partial charge in [-0.25, -0.2) is 0 Å². The summed E-state index contributed by atoms with van der Waals surface area (Å²) in [7, 11) is 0. The Kier molecular flexibility index (Phi) is 2.87. The molecule has 1 rings (SSSR count). The molecule has 0 heterocycles. The first kappa shape index (κ1) is 9.54. The number of benzene rings is 1. The molecule has 0 radical (unpaired) electrons. The van der Waals surface area contributed by atoms with Crippen LogP contribution in [0, 0.1) is 6.92 Å². The summed E-state index contributed by atoms with van der Waals surface area (Å²) >= 11 is 0. The van der Waals surface area contributed by atoms with Crippen molar-refractivity contribution in [3.8, 4) is 5.75 Å². The Hall–Kier alpha value is -1.55. The normalized spacial score (nSPS) is 9.69. The number of anilines is 1. The molecule has 0 bridgehead atoms. The standard InChI is InChI=1S/C9H11NO3/c1-6-3-2-4-7(9(6)13)10-8(12)5-11/h2-4,11,13H,5H2,1H3,(H,10,12). The summed E-state index contributed by atoms with van der Waals surface area (Å²) in [4.78, 5) is 10.8. The quantitative estimate of drug-likeness (QED) is 0.586. The summed E-state index contributed by atoms with van der Waals surface area (Å²) in [6.07, 6.45) is 0. The highest BCUT2D eigenvalue weighted by atomic mass is 16.3. The lowest BCUT2D eigenvalue weighted by atomic mass is 10.2. The average Bonchev–Trinajstić information content (AvgIpc) is 2.13. The molecule has 0 aliphatic heterocycles. The molecular weight excluding hydrogens is 170 g/mol. The largest absolute Gasteiger partial charge is 0.505 e. The minimum absolute atomic E-state index is 0.0318. The summed E-state index contributed by atoms with van der Waals surface area (Å²) in [5.41, 5.74) is 0.995. The van der Waals surface area contributed by atoms with Crippen molar-refractivity contribution >= 4 is 11.6 Å². The Labute approximate surface area is 75.8 Å². The third-order valence-corrected chi connectivity index (χ3v) is 1.66. The van der Waals surface area contributed by atoms with Crippen LogP contribution >= 0.6 is 0 Å². The summed E-state index contributed by atoms with van der Waals surface area (Å²) in [5.74, 6) is -0.509. The fraction of sp³-hybridized carbons (Fsp3) is 0.222. The fourth-order valence-corrected chi connectivity index (χ4v) is 0.950. The van der Waals surface area contributed by atoms with Gasteiger partial charge < -0.3 is 15.5 Å². The first-order valence-corrected chi connectivity index (χ1v) is 3.84. The maximum absolute atomic E-state index is 10.8. The zero-order valence-corrected chi connectivity index (χ0v) is 7.24. The van der Waals surface area contributed by atoms with Crippen LogP contribution in [0.15, 0.2) is 18.2 Å². The molecule has 1 aromatic carbocycles. The van der Waals surface area contributed by atoms with Crippen LogP contribution in [0.1, 0.15) is 5.56 Å². The minimum atomic E-state index is -0.590. The summed E-state index contributed by atoms with van der Waals surface area (Å²) in [5, 5.41) is 20.3. The number of aliphatic hydroxyl groups excluding tert-OH is 1. The van der Waals surface area contributed by atoms with Crippen molar-refractivity contribution in [1.29, 1.82) is 0 Å². The molecule has 0 aliphatic rings. The number of aliphatic hydroxyl groups is 1. The Bertz CT molecular complexity index is 323. The fourth-order valence-electron chi connectivity index (χ4n) is 0.950. The topological polar surface area (TPSA) is 69.6 Å². The second-order valence-electron chi connectivity index (χ2n) is 2.68. The van der Waals surface area contributed by atoms with Gasteiger partial charge in [0.05, 0.1) is 5.69 Å². The van der Waals surface area contributed by atoms with Crippen LogP contribution in [0.3, 0.4) is 0 Å². The number of aryl methyl sites for hydroxylation is 1. The monoisotopic (exact) mass is 181 g/mol. The highest BCUT2D eigenvalue weighted by Crippen LogP contribution is 2.26. The van der Waals surface area contributed by atoms with Crippen LogP contribution in [0.4, 0.5) is 5.69 Å². The first-order chi connectivity index (χ1) is 6.15. The van der Waals surface area contributed by atoms with Gasteiger partial charge in [0.15, 0.2) is 0 Å². The van der Waals surface area contributed by atoms with E-state index in [-0.39, 0.29) is 5.75 Å². The Morgan fingerprint density at radius 3 is 2.85 bits per heavy atom. The molecule has 0 aliphatic carbocycles. The minimum Gasteiger partial charge on any atom is -0.505 e. The number of amides is 1. The van der Waals surface area contributed by atoms with Crippen molar-refractivity contribution < 1.29 is 15.0 Å². The van der Waals surface area contributed by atoms with Crippen LogP contribution in [-0.2, 0) is 4.79 Å². The molecule has 0 unspecified atom stereocenters. The lowest BCUT2D eigenvalue weighted by Crippen LogP contribution is -2.15. The number of phenols is 1. The maximum atomic E-state index is 10.8. The number of phenolic OH excluding ortho intramolecular Hbond substituents is 1. The van der Waals surface area contributed by atoms with Gasteiger partial charge in [0.1, 0.15) is 12.4 Å². The molecule has 4 nitrogen and oxygen atoms in total. The van der Waals surface area contributed by atoms with Gasteiger partial charge in [-0.05, 0) is 18.6 Å². The van der Waals surface area contributed by atoms with Crippen LogP contribution < -0.4 is 5.32 Å². The predicted octanol–water partition coefficient (Wildman–Crippen LogP) is 0.631. The van der Waals surface area contributed by atoms with Crippen molar-refractivity contribution in [2.75, 3.05) is 11.9 Å². The van der Waals surface area contributed by atoms with E-state index in [2.05, 4.69) is 5.32 Å². The number of aromatic hydroxyl groups is 1. The van der Waals surface area contributed by atoms with Crippen LogP contribution in [0.2, 0.25) is 0 Å². The van der Waals surface area contributed by atoms with Crippen molar-refractivity contribution in [2.24, 2.45) is 0 Å². The SMILES string of the molecule is Cc1cccc(NC(=O)CO)c1O. The molecule has 0 saturated heterocycles. The van der Waals surface area contributed by atoms with Crippen LogP contribution in [-0.4, -0.2) is 22.7 Å². The maximum Gasteiger partial charge on any atom is 0.250 e. The molecule has 0 spiro atoms. The molecule has 0 fully saturated rings. The molecule has 3 N–H and O–H groups in total. The summed E-state index contributed by atoms with van der Waals surface area (Å²) in [6, 6.07) is 5.00. The van der Waals surface area contributed by atoms with E-state index in [4.69, 9.17) is 5.11 Å². The van der Waals surface area contributed by atoms with Gasteiger partial charge in [-0.2, -0.15) is 0 Å². The van der Waals surface area contributed by atoms with E-state index < -0.39 is 12.5 Å². The molecular formula is C9H11NO3. The number of hydrogen-bond donors (Lipinski definition) is 3. The zero-order chi connectivity index (χ0) is 9.84. The van der Waals surface area contributed by atoms with E-state index in [1.54, 1.807) is 25.1 Å². The van der Waals surface area contributed by atoms with E-state index in [1.165, 1.54) is 0 Å². The summed E-state index contributed by atoms with van der Waals surface area (Å²) < 4.78 is 0. The van der Waals surface area contributed by atoms with Crippen LogP contribution in [0.25, 0.3) is 0 Å². The van der Waals surface area contributed by atoms with Gasteiger partial charge in [-0.3, -0.25) is 4.79 Å². The number of hydrogen-bond acceptors (Lipinski definition) is 3. The van der Waals surface area contributed by atoms with Gasteiger partial charge in [0.25, 0.3) is 0 Å². The Morgan fingerprint density at radius 2 is 2.23 bits per heavy atom. The third kappa shape index (κ3) is 2.19. The first-order valence-electron chi connectivity index (χ1n) is 3.84. The molecule has 0 atom stereocenters. The molecule has 4 heteroatoms. The Morgan fingerprint density at radius 1 is 1.54 bits per heavy atom. The molecule has 0 saturated carbocycles. The van der Waals surface area contributed by atoms with Crippen molar-refractivity contribution in [3.05, 3.63) is 23.8 Å². The van der Waals surface area contributed by atoms with Gasteiger partial charge in [-0.15, -0.1) is 0 Å². The smallest absolute Gasteiger partial charge is 0.250 e. The number of carbonyl (C=O) groups is 1. The second-order valence-corrected chi connectivity index (χ2v) is 2.68. The van der Waals surface area contributed by atoms with Crippen molar-refractivity contribution in [3.63, 3.8) is 0 Å². The van der Waals surface area contributed by atoms with E-state index in [9.17, 15) is 9.90 Å². The zero-order valence-electron chi connectivity index (χ0n) is 7.24. The van der Waals surface area contributed by atoms with Gasteiger partial charge in [0, 0.05) is 0 Å². The average molecular weight is 181 g/mol. The molecule has 0 aromatic heterocycles. The molecule has 1 aromatic rings. The number of nitrogens with one attached hydrogen (secondary N) is 1. The van der Waals surface area contributed by atoms with Crippen molar-refractivity contribution in [1.82, 2.24) is 0 Å². The molecule has 70 valence electrons. The summed E-state index contributed by atoms with van der Waals surface area (Å²) in [6.45, 7) is 1.14. The highest BCUT2D eigenvalue weighted by molar-refractivity contribution is 5.93. The predicted molar refractivity (Wildman–Crippen MR) is 48.6 cm³/mol. The van der Waals surface area contributed by atoms with E-state index in [0.29, 0.717) is 11.3 Å². The molecule has 1 amide bonds. The number of rotatable bonds is 2. The Balaban J connectivity index is 2.89. The van der Waals surface area contributed by atoms with E-state index in [0.717, 1.165) is 0 Å². The lowest BCUT2D eigenvalue weighted by molar-refractivity contribution is -0.118. The highest BCUT2D eigenvalue weighted by Gasteiger charge is 2.05. The van der Waals surface area contributed by atoms with Gasteiger partial charge in [-0.1, -0.05) is 12.1 Å². The molecule has 13 heavy (non-hydrogen) atoms.